The Morgan fingerprint density at radius 1 is 0.296 bits per heavy atom. The van der Waals surface area contributed by atoms with Gasteiger partial charge in [-0.25, -0.2) is 0 Å². The number of aromatic carboxylic acids is 4. The summed E-state index contributed by atoms with van der Waals surface area (Å²) in [7, 11) is 0. The molecule has 4 aliphatic rings. The first-order valence-corrected chi connectivity index (χ1v) is 26.8. The van der Waals surface area contributed by atoms with E-state index in [1.54, 1.807) is 0 Å². The van der Waals surface area contributed by atoms with Gasteiger partial charge in [0, 0.05) is 70.2 Å². The van der Waals surface area contributed by atoms with Crippen LogP contribution in [0.15, 0.2) is 146 Å². The van der Waals surface area contributed by atoms with Gasteiger partial charge in [-0.2, -0.15) is 0 Å². The number of carboxylic acid groups (broad SMARTS) is 4. The van der Waals surface area contributed by atoms with Crippen LogP contribution in [0, 0.1) is 0 Å². The molecule has 0 aliphatic carbocycles. The Kier molecular flexibility index (Phi) is 18.0. The number of ether oxygens (including phenoxy) is 4. The molecule has 0 fully saturated rings. The fourth-order valence-corrected chi connectivity index (χ4v) is 10.8. The van der Waals surface area contributed by atoms with Gasteiger partial charge < -0.3 is 58.6 Å². The van der Waals surface area contributed by atoms with Gasteiger partial charge in [0.2, 0.25) is 0 Å². The van der Waals surface area contributed by atoms with E-state index in [-0.39, 0.29) is 67.0 Å². The maximum atomic E-state index is 11.5. The number of carbonyl (C=O) groups excluding carboxylic acids is 4. The number of hydrogen-bond acceptors (Lipinski definition) is 12. The maximum Gasteiger partial charge on any atom is 4.00 e. The zero-order valence-corrected chi connectivity index (χ0v) is 48.3. The zero-order valence-electron chi connectivity index (χ0n) is 46.3. The summed E-state index contributed by atoms with van der Waals surface area (Å²) >= 11 is 0. The topological polar surface area (TPSA) is 197 Å². The third-order valence-electron chi connectivity index (χ3n) is 14.8. The van der Waals surface area contributed by atoms with Gasteiger partial charge in [-0.1, -0.05) is 152 Å². The normalized spacial score (nSPS) is 12.4. The molecular weight excluding hydrogens is 1100 g/mol. The van der Waals surface area contributed by atoms with Gasteiger partial charge >= 0.3 is 21.1 Å². The zero-order chi connectivity index (χ0) is 57.1. The quantitative estimate of drug-likeness (QED) is 0.131. The maximum absolute atomic E-state index is 11.5. The second-order valence-corrected chi connectivity index (χ2v) is 21.3. The minimum atomic E-state index is -1.13. The van der Waals surface area contributed by atoms with Crippen molar-refractivity contribution >= 4 is 23.9 Å². The molecule has 0 saturated carbocycles. The first-order chi connectivity index (χ1) is 38.3. The average Bonchev–Trinajstić information content (AvgIpc) is 3.43. The molecule has 0 N–H and O–H groups in total. The summed E-state index contributed by atoms with van der Waals surface area (Å²) in [6.07, 6.45) is 2.26. The average molecular weight is 1170 g/mol. The molecule has 0 spiro atoms. The molecule has 4 heterocycles. The molecule has 8 aromatic carbocycles. The summed E-state index contributed by atoms with van der Waals surface area (Å²) < 4.78 is 23.2. The number of carboxylic acids is 4. The van der Waals surface area contributed by atoms with Crippen LogP contribution in [-0.4, -0.2) is 23.9 Å². The largest absolute Gasteiger partial charge is 4.00 e. The molecule has 0 unspecified atom stereocenters. The fourth-order valence-electron chi connectivity index (χ4n) is 10.8. The molecule has 0 atom stereocenters. The van der Waals surface area contributed by atoms with E-state index in [1.807, 2.05) is 201 Å². The van der Waals surface area contributed by atoms with E-state index in [4.69, 9.17) is 18.9 Å². The fraction of sp³-hybridized carbons (Fsp3) is 0.235. The Labute approximate surface area is 486 Å². The molecule has 0 radical (unpaired) electrons. The van der Waals surface area contributed by atoms with Crippen LogP contribution in [0.3, 0.4) is 0 Å². The Bertz CT molecular complexity index is 3240. The molecule has 0 saturated heterocycles. The first-order valence-electron chi connectivity index (χ1n) is 26.8. The Hall–Kier alpha value is -8.47. The van der Waals surface area contributed by atoms with Crippen LogP contribution in [0.4, 0.5) is 0 Å². The van der Waals surface area contributed by atoms with Gasteiger partial charge in [0.05, 0.1) is 23.9 Å². The monoisotopic (exact) mass is 1170 g/mol. The Morgan fingerprint density at radius 3 is 0.654 bits per heavy atom. The van der Waals surface area contributed by atoms with Crippen LogP contribution >= 0.6 is 0 Å². The van der Waals surface area contributed by atoms with E-state index in [0.29, 0.717) is 48.7 Å². The summed E-state index contributed by atoms with van der Waals surface area (Å²) in [6.45, 7) is 15.8. The van der Waals surface area contributed by atoms with Gasteiger partial charge in [0.25, 0.3) is 0 Å². The number of fused-ring (bicyclic) bond motifs is 8. The summed E-state index contributed by atoms with van der Waals surface area (Å²) in [5, 5.41) is 46.2. The van der Waals surface area contributed by atoms with Gasteiger partial charge in [-0.05, 0) is 117 Å². The van der Waals surface area contributed by atoms with Crippen molar-refractivity contribution in [3.05, 3.63) is 235 Å². The van der Waals surface area contributed by atoms with E-state index in [2.05, 4.69) is 0 Å². The summed E-state index contributed by atoms with van der Waals surface area (Å²) in [6, 6.07) is 45.5. The smallest absolute Gasteiger partial charge is 0.545 e. The van der Waals surface area contributed by atoms with Crippen LogP contribution < -0.4 is 39.4 Å². The van der Waals surface area contributed by atoms with Gasteiger partial charge in [0.15, 0.2) is 0 Å². The van der Waals surface area contributed by atoms with Crippen molar-refractivity contribution in [1.29, 1.82) is 0 Å². The van der Waals surface area contributed by atoms with Crippen LogP contribution in [0.1, 0.15) is 187 Å². The van der Waals surface area contributed by atoms with Crippen molar-refractivity contribution in [1.82, 2.24) is 0 Å². The molecular formula is C68H60MoO12. The summed E-state index contributed by atoms with van der Waals surface area (Å²) in [5.41, 5.74) is 11.2. The molecule has 0 aromatic heterocycles. The van der Waals surface area contributed by atoms with Crippen molar-refractivity contribution in [2.24, 2.45) is 0 Å². The molecule has 410 valence electrons. The Morgan fingerprint density at radius 2 is 0.481 bits per heavy atom. The third kappa shape index (κ3) is 12.3. The van der Waals surface area contributed by atoms with Crippen LogP contribution in [0.25, 0.3) is 0 Å². The van der Waals surface area contributed by atoms with E-state index < -0.39 is 23.9 Å². The number of para-hydroxylation sites is 4. The van der Waals surface area contributed by atoms with Crippen molar-refractivity contribution in [2.75, 3.05) is 0 Å². The third-order valence-corrected chi connectivity index (χ3v) is 14.8. The molecule has 0 amide bonds. The molecule has 4 aliphatic heterocycles. The van der Waals surface area contributed by atoms with E-state index in [1.165, 1.54) is 0 Å². The Balaban J connectivity index is 0.000000141. The number of carbonyl (C=O) groups is 4. The van der Waals surface area contributed by atoms with Crippen LogP contribution in [0.5, 0.6) is 46.0 Å². The minimum Gasteiger partial charge on any atom is -0.545 e. The van der Waals surface area contributed by atoms with Crippen LogP contribution in [0.2, 0.25) is 0 Å². The van der Waals surface area contributed by atoms with Gasteiger partial charge in [-0.15, -0.1) is 0 Å². The molecule has 81 heavy (non-hydrogen) atoms. The van der Waals surface area contributed by atoms with E-state index in [0.717, 1.165) is 89.8 Å². The van der Waals surface area contributed by atoms with Gasteiger partial charge in [-0.3, -0.25) is 0 Å². The number of hydrogen-bond donors (Lipinski definition) is 0. The van der Waals surface area contributed by atoms with Gasteiger partial charge in [0.1, 0.15) is 46.0 Å². The molecule has 12 rings (SSSR count). The van der Waals surface area contributed by atoms with Crippen molar-refractivity contribution in [3.8, 4) is 46.0 Å². The SMILES string of the molecule is CC(C)c1ccc2c(c1C(=O)[O-])Cc1ccccc1O2.CC(C)c1ccc2c(c1C(=O)[O-])Cc1ccccc1O2.CC(C)c1ccc2c(c1C(=O)[O-])Cc1ccccc1O2.CC(C)c1ccc2c(c1C(=O)[O-])Cc1ccccc1O2.[Mo+4]. The van der Waals surface area contributed by atoms with Crippen molar-refractivity contribution in [2.45, 2.75) is 105 Å². The molecule has 8 aromatic rings. The number of benzene rings is 8. The molecule has 0 bridgehead atoms. The second-order valence-electron chi connectivity index (χ2n) is 21.3. The predicted octanol–water partition coefficient (Wildman–Crippen LogP) is 11.5. The molecule has 13 heteroatoms. The standard InChI is InChI=1S/4C17H16O3.Mo/c4*1-10(2)12-7-8-15-13(16(12)17(18)19)9-11-5-3-4-6-14(11)20-15;/h4*3-8,10H,9H2,1-2H3,(H,18,19);/q;;;;+4/p-4. The van der Waals surface area contributed by atoms with E-state index in [9.17, 15) is 39.6 Å². The first kappa shape index (κ1) is 58.7. The summed E-state index contributed by atoms with van der Waals surface area (Å²) in [5.74, 6) is 1.64. The van der Waals surface area contributed by atoms with E-state index >= 15 is 0 Å². The number of rotatable bonds is 8. The van der Waals surface area contributed by atoms with Crippen molar-refractivity contribution < 1.29 is 79.6 Å². The minimum absolute atomic E-state index is 0. The molecule has 12 nitrogen and oxygen atoms in total. The summed E-state index contributed by atoms with van der Waals surface area (Å²) in [4.78, 5) is 46.2. The predicted molar refractivity (Wildman–Crippen MR) is 297 cm³/mol. The van der Waals surface area contributed by atoms with Crippen molar-refractivity contribution in [3.63, 3.8) is 0 Å². The second kappa shape index (κ2) is 24.9. The van der Waals surface area contributed by atoms with Crippen LogP contribution in [-0.2, 0) is 46.7 Å².